The molecule has 256 valence electrons. The number of benzene rings is 2. The van der Waals surface area contributed by atoms with Crippen molar-refractivity contribution in [1.82, 2.24) is 20.0 Å². The molecule has 0 N–H and O–H groups in total. The molecule has 0 amide bonds. The standard InChI is InChI=1S/C36H48N8O4/c1-3-28(2)44-35(14-4-5-15-35)42(27-39-44)32-8-6-30(7-9-32)40-18-20-41(21-19-40)31-10-12-33(13-11-31)46-24-34-25-47-36(48-34,29-22-45-23-29)26-43-37-16-17-38-43/h6-13,16-17,27-29,34H,3-5,14-15,18-26H2,1-2H3. The van der Waals surface area contributed by atoms with E-state index in [2.05, 4.69) is 98.6 Å². The van der Waals surface area contributed by atoms with E-state index in [1.54, 1.807) is 17.2 Å². The van der Waals surface area contributed by atoms with E-state index in [4.69, 9.17) is 24.0 Å². The molecule has 1 spiro atoms. The summed E-state index contributed by atoms with van der Waals surface area (Å²) in [6.07, 6.45) is 11.2. The molecule has 3 saturated heterocycles. The Morgan fingerprint density at radius 3 is 2.08 bits per heavy atom. The Bertz CT molecular complexity index is 1520. The quantitative estimate of drug-likeness (QED) is 0.292. The summed E-state index contributed by atoms with van der Waals surface area (Å²) in [5.41, 5.74) is 3.74. The highest BCUT2D eigenvalue weighted by Crippen LogP contribution is 2.45. The van der Waals surface area contributed by atoms with Crippen LogP contribution in [0.25, 0.3) is 0 Å². The van der Waals surface area contributed by atoms with Crippen LogP contribution in [0, 0.1) is 5.92 Å². The van der Waals surface area contributed by atoms with Crippen molar-refractivity contribution in [1.29, 1.82) is 0 Å². The maximum absolute atomic E-state index is 6.43. The van der Waals surface area contributed by atoms with Crippen LogP contribution in [0.3, 0.4) is 0 Å². The molecule has 4 aliphatic heterocycles. The number of anilines is 3. The molecular weight excluding hydrogens is 608 g/mol. The van der Waals surface area contributed by atoms with Crippen molar-refractivity contribution in [3.8, 4) is 5.75 Å². The van der Waals surface area contributed by atoms with Gasteiger partial charge >= 0.3 is 0 Å². The third kappa shape index (κ3) is 5.88. The van der Waals surface area contributed by atoms with Crippen molar-refractivity contribution in [3.63, 3.8) is 0 Å². The average molecular weight is 657 g/mol. The normalized spacial score (nSPS) is 26.1. The first-order chi connectivity index (χ1) is 23.5. The van der Waals surface area contributed by atoms with Crippen molar-refractivity contribution < 1.29 is 18.9 Å². The summed E-state index contributed by atoms with van der Waals surface area (Å²) in [5, 5.41) is 15.8. The fourth-order valence-corrected chi connectivity index (χ4v) is 7.94. The zero-order valence-electron chi connectivity index (χ0n) is 28.2. The first-order valence-corrected chi connectivity index (χ1v) is 17.7. The van der Waals surface area contributed by atoms with Crippen molar-refractivity contribution in [2.24, 2.45) is 11.0 Å². The van der Waals surface area contributed by atoms with Crippen molar-refractivity contribution in [3.05, 3.63) is 60.9 Å². The SMILES string of the molecule is CCC(C)N1N=CN(c2ccc(N3CCN(c4ccc(OCC5COC(Cn6nccn6)(C6COC6)O5)cc4)CC3)cc2)C12CCCC2. The summed E-state index contributed by atoms with van der Waals surface area (Å²) in [6, 6.07) is 18.0. The summed E-state index contributed by atoms with van der Waals surface area (Å²) < 4.78 is 24.2. The largest absolute Gasteiger partial charge is 0.491 e. The minimum Gasteiger partial charge on any atom is -0.491 e. The van der Waals surface area contributed by atoms with Gasteiger partial charge in [-0.1, -0.05) is 6.92 Å². The highest BCUT2D eigenvalue weighted by molar-refractivity contribution is 5.83. The monoisotopic (exact) mass is 656 g/mol. The van der Waals surface area contributed by atoms with E-state index in [9.17, 15) is 0 Å². The molecule has 4 fully saturated rings. The Kier molecular flexibility index (Phi) is 8.64. The predicted octanol–water partition coefficient (Wildman–Crippen LogP) is 4.58. The molecule has 8 rings (SSSR count). The van der Waals surface area contributed by atoms with Gasteiger partial charge in [0.25, 0.3) is 0 Å². The molecule has 5 heterocycles. The van der Waals surface area contributed by atoms with E-state index in [0.717, 1.165) is 38.3 Å². The van der Waals surface area contributed by atoms with Gasteiger partial charge < -0.3 is 33.6 Å². The van der Waals surface area contributed by atoms with Crippen molar-refractivity contribution >= 4 is 23.4 Å². The lowest BCUT2D eigenvalue weighted by Crippen LogP contribution is -2.55. The van der Waals surface area contributed by atoms with Crippen LogP contribution in [-0.4, -0.2) is 103 Å². The van der Waals surface area contributed by atoms with E-state index < -0.39 is 5.79 Å². The smallest absolute Gasteiger partial charge is 0.197 e. The van der Waals surface area contributed by atoms with Gasteiger partial charge in [-0.05, 0) is 87.6 Å². The Hall–Kier alpha value is -3.87. The average Bonchev–Trinajstić information content (AvgIpc) is 3.93. The zero-order valence-corrected chi connectivity index (χ0v) is 28.2. The van der Waals surface area contributed by atoms with Gasteiger partial charge in [0, 0.05) is 49.3 Å². The Morgan fingerprint density at radius 1 is 0.854 bits per heavy atom. The van der Waals surface area contributed by atoms with Gasteiger partial charge in [0.2, 0.25) is 0 Å². The maximum Gasteiger partial charge on any atom is 0.197 e. The lowest BCUT2D eigenvalue weighted by molar-refractivity contribution is -0.268. The summed E-state index contributed by atoms with van der Waals surface area (Å²) in [6.45, 7) is 11.0. The molecule has 1 saturated carbocycles. The van der Waals surface area contributed by atoms with Gasteiger partial charge in [0.05, 0.1) is 38.1 Å². The Morgan fingerprint density at radius 2 is 1.48 bits per heavy atom. The number of piperazine rings is 1. The molecule has 0 bridgehead atoms. The fraction of sp³-hybridized carbons (Fsp3) is 0.583. The highest BCUT2D eigenvalue weighted by atomic mass is 16.8. The second kappa shape index (κ2) is 13.2. The molecule has 48 heavy (non-hydrogen) atoms. The summed E-state index contributed by atoms with van der Waals surface area (Å²) in [7, 11) is 0. The molecule has 12 heteroatoms. The molecule has 3 atom stereocenters. The van der Waals surface area contributed by atoms with Gasteiger partial charge in [-0.2, -0.15) is 20.1 Å². The second-order valence-corrected chi connectivity index (χ2v) is 13.8. The van der Waals surface area contributed by atoms with Gasteiger partial charge in [0.1, 0.15) is 37.0 Å². The fourth-order valence-electron chi connectivity index (χ4n) is 7.94. The van der Waals surface area contributed by atoms with Crippen LogP contribution in [0.5, 0.6) is 5.75 Å². The molecule has 3 unspecified atom stereocenters. The molecule has 1 aliphatic carbocycles. The van der Waals surface area contributed by atoms with Crippen molar-refractivity contribution in [2.75, 3.05) is 67.3 Å². The molecule has 3 aromatic rings. The van der Waals surface area contributed by atoms with Crippen molar-refractivity contribution in [2.45, 2.75) is 76.1 Å². The number of nitrogens with zero attached hydrogens (tertiary/aromatic N) is 8. The van der Waals surface area contributed by atoms with Gasteiger partial charge in [-0.25, -0.2) is 0 Å². The predicted molar refractivity (Wildman–Crippen MR) is 184 cm³/mol. The topological polar surface area (TPSA) is 93.0 Å². The maximum atomic E-state index is 6.43. The van der Waals surface area contributed by atoms with Crippen LogP contribution in [0.4, 0.5) is 17.1 Å². The molecule has 2 aromatic carbocycles. The summed E-state index contributed by atoms with van der Waals surface area (Å²) in [5.74, 6) is 0.200. The van der Waals surface area contributed by atoms with Gasteiger partial charge in [0.15, 0.2) is 5.79 Å². The molecule has 1 aromatic heterocycles. The Labute approximate surface area is 283 Å². The number of hydrazone groups is 1. The van der Waals surface area contributed by atoms with Crippen LogP contribution in [0.15, 0.2) is 66.0 Å². The van der Waals surface area contributed by atoms with Crippen LogP contribution in [0.2, 0.25) is 0 Å². The molecule has 5 aliphatic rings. The second-order valence-electron chi connectivity index (χ2n) is 13.8. The first-order valence-electron chi connectivity index (χ1n) is 17.7. The van der Waals surface area contributed by atoms with Gasteiger partial charge in [-0.3, -0.25) is 5.01 Å². The highest BCUT2D eigenvalue weighted by Gasteiger charge is 2.52. The number of hydrogen-bond donors (Lipinski definition) is 0. The summed E-state index contributed by atoms with van der Waals surface area (Å²) in [4.78, 5) is 9.00. The van der Waals surface area contributed by atoms with E-state index in [1.807, 2.05) is 0 Å². The van der Waals surface area contributed by atoms with Crippen LogP contribution in [-0.2, 0) is 20.8 Å². The molecule has 12 nitrogen and oxygen atoms in total. The minimum absolute atomic E-state index is 0.00196. The van der Waals surface area contributed by atoms with Crippen LogP contribution >= 0.6 is 0 Å². The number of aromatic nitrogens is 3. The zero-order chi connectivity index (χ0) is 32.6. The van der Waals surface area contributed by atoms with Crippen LogP contribution < -0.4 is 19.4 Å². The van der Waals surface area contributed by atoms with E-state index >= 15 is 0 Å². The first kappa shape index (κ1) is 31.4. The third-order valence-electron chi connectivity index (χ3n) is 11.0. The molecule has 0 radical (unpaired) electrons. The minimum atomic E-state index is -0.782. The third-order valence-corrected chi connectivity index (χ3v) is 11.0. The van der Waals surface area contributed by atoms with E-state index in [0.29, 0.717) is 39.0 Å². The summed E-state index contributed by atoms with van der Waals surface area (Å²) >= 11 is 0. The van der Waals surface area contributed by atoms with E-state index in [1.165, 1.54) is 42.7 Å². The Balaban J connectivity index is 0.827. The lowest BCUT2D eigenvalue weighted by Gasteiger charge is -2.44. The van der Waals surface area contributed by atoms with E-state index in [-0.39, 0.29) is 17.7 Å². The van der Waals surface area contributed by atoms with Crippen LogP contribution in [0.1, 0.15) is 46.0 Å². The lowest BCUT2D eigenvalue weighted by atomic mass is 9.96. The molecular formula is C36H48N8O4. The number of hydrogen-bond acceptors (Lipinski definition) is 11. The number of rotatable bonds is 11. The van der Waals surface area contributed by atoms with Gasteiger partial charge in [-0.15, -0.1) is 0 Å². The number of ether oxygens (including phenoxy) is 4.